The number of nitrogens with one attached hydrogen (secondary N) is 1. The first-order valence-corrected chi connectivity index (χ1v) is 7.09. The van der Waals surface area contributed by atoms with E-state index in [1.165, 1.54) is 4.57 Å². The van der Waals surface area contributed by atoms with Crippen molar-refractivity contribution in [1.29, 1.82) is 0 Å². The molecule has 0 amide bonds. The van der Waals surface area contributed by atoms with Gasteiger partial charge in [0.25, 0.3) is 5.56 Å². The maximum absolute atomic E-state index is 12.6. The van der Waals surface area contributed by atoms with E-state index in [4.69, 9.17) is 17.0 Å². The third-order valence-electron chi connectivity index (χ3n) is 3.21. The minimum atomic E-state index is -0.126. The van der Waals surface area contributed by atoms with Crippen LogP contribution in [0.25, 0.3) is 16.6 Å². The highest BCUT2D eigenvalue weighted by Crippen LogP contribution is 2.15. The van der Waals surface area contributed by atoms with Gasteiger partial charge in [-0.2, -0.15) is 0 Å². The molecular formula is C16H14N2O2S. The zero-order chi connectivity index (χ0) is 14.8. The Balaban J connectivity index is 2.20. The van der Waals surface area contributed by atoms with E-state index in [1.54, 1.807) is 6.07 Å². The number of rotatable bonds is 3. The van der Waals surface area contributed by atoms with E-state index in [0.717, 1.165) is 17.0 Å². The van der Waals surface area contributed by atoms with Crippen LogP contribution in [0.15, 0.2) is 53.3 Å². The molecular weight excluding hydrogens is 284 g/mol. The predicted octanol–water partition coefficient (Wildman–Crippen LogP) is 3.45. The third kappa shape index (κ3) is 2.48. The molecule has 21 heavy (non-hydrogen) atoms. The van der Waals surface area contributed by atoms with Gasteiger partial charge in [-0.15, -0.1) is 0 Å². The van der Waals surface area contributed by atoms with Gasteiger partial charge in [0, 0.05) is 0 Å². The molecule has 0 aliphatic carbocycles. The summed E-state index contributed by atoms with van der Waals surface area (Å²) in [5.41, 5.74) is 1.34. The molecule has 0 saturated carbocycles. The second-order valence-electron chi connectivity index (χ2n) is 4.54. The first kappa shape index (κ1) is 13.6. The molecule has 0 saturated heterocycles. The fraction of sp³-hybridized carbons (Fsp3) is 0.125. The zero-order valence-electron chi connectivity index (χ0n) is 11.5. The van der Waals surface area contributed by atoms with Crippen LogP contribution >= 0.6 is 12.2 Å². The first-order chi connectivity index (χ1) is 10.2. The number of hydrogen-bond donors (Lipinski definition) is 1. The lowest BCUT2D eigenvalue weighted by atomic mass is 10.2. The summed E-state index contributed by atoms with van der Waals surface area (Å²) in [4.78, 5) is 15.7. The van der Waals surface area contributed by atoms with Crippen LogP contribution in [-0.2, 0) is 0 Å². The number of hydrogen-bond acceptors (Lipinski definition) is 3. The van der Waals surface area contributed by atoms with Gasteiger partial charge >= 0.3 is 0 Å². The summed E-state index contributed by atoms with van der Waals surface area (Å²) in [5, 5.41) is 0.611. The van der Waals surface area contributed by atoms with Crippen molar-refractivity contribution in [3.05, 3.63) is 63.7 Å². The second-order valence-corrected chi connectivity index (χ2v) is 4.93. The van der Waals surface area contributed by atoms with Crippen LogP contribution in [0.3, 0.4) is 0 Å². The fourth-order valence-electron chi connectivity index (χ4n) is 2.26. The molecule has 3 aromatic rings. The summed E-state index contributed by atoms with van der Waals surface area (Å²) in [6.07, 6.45) is 0. The van der Waals surface area contributed by atoms with Gasteiger partial charge in [-0.3, -0.25) is 9.36 Å². The van der Waals surface area contributed by atoms with Crippen LogP contribution < -0.4 is 10.3 Å². The summed E-state index contributed by atoms with van der Waals surface area (Å²) < 4.78 is 7.28. The van der Waals surface area contributed by atoms with Crippen LogP contribution in [-0.4, -0.2) is 16.2 Å². The molecule has 4 nitrogen and oxygen atoms in total. The molecule has 1 aromatic heterocycles. The molecule has 0 atom stereocenters. The van der Waals surface area contributed by atoms with Gasteiger partial charge in [0.1, 0.15) is 5.75 Å². The quantitative estimate of drug-likeness (QED) is 0.753. The summed E-state index contributed by atoms with van der Waals surface area (Å²) in [6.45, 7) is 2.54. The average molecular weight is 298 g/mol. The largest absolute Gasteiger partial charge is 0.494 e. The lowest BCUT2D eigenvalue weighted by Gasteiger charge is -2.09. The highest BCUT2D eigenvalue weighted by atomic mass is 32.1. The van der Waals surface area contributed by atoms with E-state index in [2.05, 4.69) is 4.98 Å². The number of nitrogens with zero attached hydrogens (tertiary/aromatic N) is 1. The van der Waals surface area contributed by atoms with Crippen molar-refractivity contribution in [1.82, 2.24) is 9.55 Å². The van der Waals surface area contributed by atoms with Crippen molar-refractivity contribution in [2.75, 3.05) is 6.61 Å². The molecule has 0 aliphatic rings. The standard InChI is InChI=1S/C16H14N2O2S/c1-2-20-12-9-7-11(8-10-12)18-15(19)13-5-3-4-6-14(13)17-16(18)21/h3-10H,2H2,1H3,(H,17,21). The predicted molar refractivity (Wildman–Crippen MR) is 85.9 cm³/mol. The Morgan fingerprint density at radius 3 is 2.57 bits per heavy atom. The van der Waals surface area contributed by atoms with Crippen molar-refractivity contribution in [3.63, 3.8) is 0 Å². The smallest absolute Gasteiger partial charge is 0.266 e. The number of fused-ring (bicyclic) bond motifs is 1. The molecule has 0 aliphatic heterocycles. The Hall–Kier alpha value is -2.40. The van der Waals surface area contributed by atoms with E-state index >= 15 is 0 Å². The van der Waals surface area contributed by atoms with Crippen LogP contribution in [0.5, 0.6) is 5.75 Å². The summed E-state index contributed by atoms with van der Waals surface area (Å²) in [7, 11) is 0. The number of aromatic nitrogens is 2. The lowest BCUT2D eigenvalue weighted by molar-refractivity contribution is 0.340. The Kier molecular flexibility index (Phi) is 3.58. The van der Waals surface area contributed by atoms with E-state index in [1.807, 2.05) is 49.4 Å². The minimum Gasteiger partial charge on any atom is -0.494 e. The van der Waals surface area contributed by atoms with Gasteiger partial charge in [0.2, 0.25) is 0 Å². The van der Waals surface area contributed by atoms with Crippen LogP contribution in [0.1, 0.15) is 6.92 Å². The van der Waals surface area contributed by atoms with Crippen molar-refractivity contribution in [2.24, 2.45) is 0 Å². The first-order valence-electron chi connectivity index (χ1n) is 6.68. The van der Waals surface area contributed by atoms with Gasteiger partial charge in [0.05, 0.1) is 23.2 Å². The maximum Gasteiger partial charge on any atom is 0.266 e. The Morgan fingerprint density at radius 1 is 1.14 bits per heavy atom. The zero-order valence-corrected chi connectivity index (χ0v) is 12.3. The molecule has 5 heteroatoms. The summed E-state index contributed by atoms with van der Waals surface area (Å²) >= 11 is 5.31. The number of para-hydroxylation sites is 1. The lowest BCUT2D eigenvalue weighted by Crippen LogP contribution is -2.20. The van der Waals surface area contributed by atoms with Gasteiger partial charge < -0.3 is 9.72 Å². The van der Waals surface area contributed by atoms with E-state index in [9.17, 15) is 4.79 Å². The molecule has 0 bridgehead atoms. The van der Waals surface area contributed by atoms with Gasteiger partial charge in [-0.1, -0.05) is 12.1 Å². The molecule has 0 spiro atoms. The maximum atomic E-state index is 12.6. The number of aromatic amines is 1. The molecule has 0 radical (unpaired) electrons. The SMILES string of the molecule is CCOc1ccc(-n2c(=S)[nH]c3ccccc3c2=O)cc1. The highest BCUT2D eigenvalue weighted by molar-refractivity contribution is 7.71. The Labute approximate surface area is 126 Å². The van der Waals surface area contributed by atoms with E-state index in [-0.39, 0.29) is 5.56 Å². The van der Waals surface area contributed by atoms with Crippen LogP contribution in [0.4, 0.5) is 0 Å². The third-order valence-corrected chi connectivity index (χ3v) is 3.50. The monoisotopic (exact) mass is 298 g/mol. The fourth-order valence-corrected chi connectivity index (χ4v) is 2.55. The topological polar surface area (TPSA) is 47.0 Å². The second kappa shape index (κ2) is 5.54. The van der Waals surface area contributed by atoms with Gasteiger partial charge in [0.15, 0.2) is 4.77 Å². The molecule has 3 rings (SSSR count). The average Bonchev–Trinajstić information content (AvgIpc) is 2.49. The van der Waals surface area contributed by atoms with Crippen molar-refractivity contribution >= 4 is 23.1 Å². The Morgan fingerprint density at radius 2 is 1.86 bits per heavy atom. The van der Waals surface area contributed by atoms with Gasteiger partial charge in [-0.25, -0.2) is 0 Å². The van der Waals surface area contributed by atoms with E-state index < -0.39 is 0 Å². The van der Waals surface area contributed by atoms with Crippen molar-refractivity contribution in [3.8, 4) is 11.4 Å². The Bertz CT molecular complexity index is 895. The molecule has 1 N–H and O–H groups in total. The van der Waals surface area contributed by atoms with Gasteiger partial charge in [-0.05, 0) is 55.5 Å². The summed E-state index contributed by atoms with van der Waals surface area (Å²) in [5.74, 6) is 0.769. The van der Waals surface area contributed by atoms with Crippen molar-refractivity contribution < 1.29 is 4.74 Å². The van der Waals surface area contributed by atoms with Crippen LogP contribution in [0, 0.1) is 4.77 Å². The van der Waals surface area contributed by atoms with Crippen LogP contribution in [0.2, 0.25) is 0 Å². The molecule has 0 unspecified atom stereocenters. The number of benzene rings is 2. The van der Waals surface area contributed by atoms with Crippen molar-refractivity contribution in [2.45, 2.75) is 6.92 Å². The number of H-pyrrole nitrogens is 1. The molecule has 106 valence electrons. The molecule has 2 aromatic carbocycles. The summed E-state index contributed by atoms with van der Waals surface area (Å²) in [6, 6.07) is 14.6. The van der Waals surface area contributed by atoms with E-state index in [0.29, 0.717) is 16.8 Å². The molecule has 1 heterocycles. The highest BCUT2D eigenvalue weighted by Gasteiger charge is 2.07. The molecule has 0 fully saturated rings. The minimum absolute atomic E-state index is 0.126. The normalized spacial score (nSPS) is 10.7. The number of ether oxygens (including phenoxy) is 1.